The predicted octanol–water partition coefficient (Wildman–Crippen LogP) is 1.92. The lowest BCUT2D eigenvalue weighted by Gasteiger charge is -2.05. The summed E-state index contributed by atoms with van der Waals surface area (Å²) in [5, 5.41) is 11.6. The van der Waals surface area contributed by atoms with E-state index in [2.05, 4.69) is 10.3 Å². The van der Waals surface area contributed by atoms with E-state index in [0.29, 0.717) is 11.5 Å². The number of hydrogen-bond acceptors (Lipinski definition) is 4. The summed E-state index contributed by atoms with van der Waals surface area (Å²) in [5.74, 6) is -0.0177. The van der Waals surface area contributed by atoms with Crippen LogP contribution in [-0.2, 0) is 6.54 Å². The minimum atomic E-state index is -1.06. The van der Waals surface area contributed by atoms with Crippen molar-refractivity contribution in [2.45, 2.75) is 20.4 Å². The van der Waals surface area contributed by atoms with Crippen molar-refractivity contribution < 1.29 is 19.1 Å². The summed E-state index contributed by atoms with van der Waals surface area (Å²) in [4.78, 5) is 26.7. The zero-order chi connectivity index (χ0) is 14.7. The highest BCUT2D eigenvalue weighted by Crippen LogP contribution is 2.08. The number of hydrogen-bond donors (Lipinski definition) is 2. The fourth-order valence-electron chi connectivity index (χ4n) is 1.75. The minimum absolute atomic E-state index is 0.0863. The Morgan fingerprint density at radius 1 is 1.25 bits per heavy atom. The van der Waals surface area contributed by atoms with Crippen LogP contribution in [-0.4, -0.2) is 22.0 Å². The molecule has 2 heterocycles. The maximum Gasteiger partial charge on any atom is 0.337 e. The Hall–Kier alpha value is -2.63. The van der Waals surface area contributed by atoms with Crippen LogP contribution >= 0.6 is 0 Å². The molecule has 0 fully saturated rings. The normalized spacial score (nSPS) is 10.3. The molecule has 0 bridgehead atoms. The van der Waals surface area contributed by atoms with Gasteiger partial charge in [-0.25, -0.2) is 9.78 Å². The number of nitrogens with zero attached hydrogens (tertiary/aromatic N) is 1. The van der Waals surface area contributed by atoms with E-state index in [-0.39, 0.29) is 23.7 Å². The standard InChI is InChI=1S/C14H14N2O4/c1-8-3-4-10(20-8)7-15-13(17)12-6-5-11(14(18)19)9(2)16-12/h3-6H,7H2,1-2H3,(H,15,17)(H,18,19). The van der Waals surface area contributed by atoms with Crippen molar-refractivity contribution in [2.24, 2.45) is 0 Å². The number of amides is 1. The van der Waals surface area contributed by atoms with E-state index < -0.39 is 5.97 Å². The third-order valence-electron chi connectivity index (χ3n) is 2.77. The Morgan fingerprint density at radius 2 is 2.00 bits per heavy atom. The molecule has 0 saturated heterocycles. The van der Waals surface area contributed by atoms with Gasteiger partial charge in [0.25, 0.3) is 5.91 Å². The molecule has 0 spiro atoms. The maximum atomic E-state index is 11.9. The fraction of sp³-hybridized carbons (Fsp3) is 0.214. The number of carboxylic acids is 1. The van der Waals surface area contributed by atoms with Crippen LogP contribution in [0.1, 0.15) is 38.1 Å². The second kappa shape index (κ2) is 5.56. The van der Waals surface area contributed by atoms with Gasteiger partial charge in [0.1, 0.15) is 17.2 Å². The van der Waals surface area contributed by atoms with Gasteiger partial charge < -0.3 is 14.8 Å². The van der Waals surface area contributed by atoms with Gasteiger partial charge in [-0.05, 0) is 38.1 Å². The van der Waals surface area contributed by atoms with Crippen LogP contribution in [0.2, 0.25) is 0 Å². The summed E-state index contributed by atoms with van der Waals surface area (Å²) in [6, 6.07) is 6.35. The number of carbonyl (C=O) groups excluding carboxylic acids is 1. The molecule has 6 heteroatoms. The molecule has 2 aromatic heterocycles. The van der Waals surface area contributed by atoms with Gasteiger partial charge in [0.05, 0.1) is 17.8 Å². The number of aryl methyl sites for hydroxylation is 2. The lowest BCUT2D eigenvalue weighted by molar-refractivity contribution is 0.0694. The predicted molar refractivity (Wildman–Crippen MR) is 70.5 cm³/mol. The molecule has 2 N–H and O–H groups in total. The van der Waals surface area contributed by atoms with Crippen LogP contribution in [0.4, 0.5) is 0 Å². The van der Waals surface area contributed by atoms with Gasteiger partial charge in [-0.2, -0.15) is 0 Å². The van der Waals surface area contributed by atoms with Crippen molar-refractivity contribution in [3.8, 4) is 0 Å². The molecule has 0 aliphatic rings. The van der Waals surface area contributed by atoms with Gasteiger partial charge in [0.15, 0.2) is 0 Å². The molecule has 104 valence electrons. The number of pyridine rings is 1. The van der Waals surface area contributed by atoms with Crippen LogP contribution in [0.25, 0.3) is 0 Å². The molecule has 0 aliphatic carbocycles. The van der Waals surface area contributed by atoms with Crippen LogP contribution in [0.15, 0.2) is 28.7 Å². The van der Waals surface area contributed by atoms with Crippen LogP contribution < -0.4 is 5.32 Å². The van der Waals surface area contributed by atoms with Gasteiger partial charge in [-0.1, -0.05) is 0 Å². The minimum Gasteiger partial charge on any atom is -0.478 e. The average Bonchev–Trinajstić information content (AvgIpc) is 2.81. The number of furan rings is 1. The summed E-state index contributed by atoms with van der Waals surface area (Å²) >= 11 is 0. The highest BCUT2D eigenvalue weighted by molar-refractivity contribution is 5.94. The van der Waals surface area contributed by atoms with Gasteiger partial charge in [0, 0.05) is 0 Å². The number of nitrogens with one attached hydrogen (secondary N) is 1. The molecule has 2 aromatic rings. The molecule has 0 radical (unpaired) electrons. The molecule has 2 rings (SSSR count). The van der Waals surface area contributed by atoms with E-state index in [0.717, 1.165) is 5.76 Å². The van der Waals surface area contributed by atoms with E-state index in [9.17, 15) is 9.59 Å². The summed E-state index contributed by atoms with van der Waals surface area (Å²) in [5.41, 5.74) is 0.568. The lowest BCUT2D eigenvalue weighted by atomic mass is 10.2. The van der Waals surface area contributed by atoms with Gasteiger partial charge in [-0.3, -0.25) is 4.79 Å². The van der Waals surface area contributed by atoms with Crippen molar-refractivity contribution >= 4 is 11.9 Å². The molecule has 0 aromatic carbocycles. The van der Waals surface area contributed by atoms with Crippen molar-refractivity contribution in [1.82, 2.24) is 10.3 Å². The van der Waals surface area contributed by atoms with Gasteiger partial charge in [0.2, 0.25) is 0 Å². The second-order valence-corrected chi connectivity index (χ2v) is 4.33. The first-order chi connectivity index (χ1) is 9.47. The monoisotopic (exact) mass is 274 g/mol. The average molecular weight is 274 g/mol. The quantitative estimate of drug-likeness (QED) is 0.888. The molecular weight excluding hydrogens is 260 g/mol. The Labute approximate surface area is 115 Å². The van der Waals surface area contributed by atoms with E-state index in [1.165, 1.54) is 12.1 Å². The molecule has 0 atom stereocenters. The Bertz CT molecular complexity index is 661. The third-order valence-corrected chi connectivity index (χ3v) is 2.77. The lowest BCUT2D eigenvalue weighted by Crippen LogP contribution is -2.24. The number of carbonyl (C=O) groups is 2. The molecule has 20 heavy (non-hydrogen) atoms. The van der Waals surface area contributed by atoms with Gasteiger partial charge >= 0.3 is 5.97 Å². The zero-order valence-corrected chi connectivity index (χ0v) is 11.1. The van der Waals surface area contributed by atoms with E-state index >= 15 is 0 Å². The van der Waals surface area contributed by atoms with Gasteiger partial charge in [-0.15, -0.1) is 0 Å². The first-order valence-corrected chi connectivity index (χ1v) is 6.02. The molecule has 0 saturated carbocycles. The number of carboxylic acid groups (broad SMARTS) is 1. The molecule has 0 unspecified atom stereocenters. The van der Waals surface area contributed by atoms with Crippen molar-refractivity contribution in [2.75, 3.05) is 0 Å². The SMILES string of the molecule is Cc1ccc(CNC(=O)c2ccc(C(=O)O)c(C)n2)o1. The second-order valence-electron chi connectivity index (χ2n) is 4.33. The highest BCUT2D eigenvalue weighted by Gasteiger charge is 2.13. The Kier molecular flexibility index (Phi) is 3.84. The van der Waals surface area contributed by atoms with Crippen LogP contribution in [0.3, 0.4) is 0 Å². The first-order valence-electron chi connectivity index (χ1n) is 6.02. The molecule has 1 amide bonds. The van der Waals surface area contributed by atoms with Crippen LogP contribution in [0, 0.1) is 13.8 Å². The zero-order valence-electron chi connectivity index (χ0n) is 11.1. The number of rotatable bonds is 4. The Balaban J connectivity index is 2.06. The highest BCUT2D eigenvalue weighted by atomic mass is 16.4. The smallest absolute Gasteiger partial charge is 0.337 e. The van der Waals surface area contributed by atoms with Crippen LogP contribution in [0.5, 0.6) is 0 Å². The first kappa shape index (κ1) is 13.8. The van der Waals surface area contributed by atoms with Crippen molar-refractivity contribution in [3.63, 3.8) is 0 Å². The summed E-state index contributed by atoms with van der Waals surface area (Å²) in [6.45, 7) is 3.63. The number of aromatic nitrogens is 1. The largest absolute Gasteiger partial charge is 0.478 e. The van der Waals surface area contributed by atoms with E-state index in [1.54, 1.807) is 13.0 Å². The summed E-state index contributed by atoms with van der Waals surface area (Å²) in [6.07, 6.45) is 0. The molecule has 0 aliphatic heterocycles. The molecule has 6 nitrogen and oxygen atoms in total. The summed E-state index contributed by atoms with van der Waals surface area (Å²) in [7, 11) is 0. The molecular formula is C14H14N2O4. The third kappa shape index (κ3) is 3.03. The Morgan fingerprint density at radius 3 is 2.55 bits per heavy atom. The van der Waals surface area contributed by atoms with E-state index in [4.69, 9.17) is 9.52 Å². The topological polar surface area (TPSA) is 92.4 Å². The van der Waals surface area contributed by atoms with Crippen molar-refractivity contribution in [1.29, 1.82) is 0 Å². The fourth-order valence-corrected chi connectivity index (χ4v) is 1.75. The summed E-state index contributed by atoms with van der Waals surface area (Å²) < 4.78 is 5.33. The number of aromatic carboxylic acids is 1. The maximum absolute atomic E-state index is 11.9. The van der Waals surface area contributed by atoms with Crippen molar-refractivity contribution in [3.05, 3.63) is 52.7 Å². The van der Waals surface area contributed by atoms with E-state index in [1.807, 2.05) is 13.0 Å².